The summed E-state index contributed by atoms with van der Waals surface area (Å²) in [5.41, 5.74) is 2.20. The van der Waals surface area contributed by atoms with Crippen molar-refractivity contribution in [2.75, 3.05) is 26.2 Å². The molecule has 138 valence electrons. The maximum absolute atomic E-state index is 12.4. The van der Waals surface area contributed by atoms with Gasteiger partial charge in [-0.1, -0.05) is 0 Å². The molecule has 0 atom stereocenters. The van der Waals surface area contributed by atoms with E-state index in [1.807, 2.05) is 0 Å². The predicted molar refractivity (Wildman–Crippen MR) is 81.7 cm³/mol. The zero-order valence-corrected chi connectivity index (χ0v) is 13.6. The summed E-state index contributed by atoms with van der Waals surface area (Å²) in [6.45, 7) is 1.90. The molecule has 3 rings (SSSR count). The number of carbonyl (C=O) groups excluding carboxylic acids is 2. The van der Waals surface area contributed by atoms with Gasteiger partial charge in [0, 0.05) is 50.4 Å². The molecular weight excluding hydrogens is 339 g/mol. The van der Waals surface area contributed by atoms with Crippen molar-refractivity contribution < 1.29 is 22.8 Å². The number of aromatic nitrogens is 2. The largest absolute Gasteiger partial charge is 0.471 e. The van der Waals surface area contributed by atoms with Gasteiger partial charge in [0.05, 0.1) is 0 Å². The Hall–Kier alpha value is -2.10. The minimum atomic E-state index is -4.83. The minimum absolute atomic E-state index is 0.0501. The molecule has 0 aliphatic carbocycles. The van der Waals surface area contributed by atoms with Crippen molar-refractivity contribution in [3.05, 3.63) is 17.0 Å². The van der Waals surface area contributed by atoms with Crippen LogP contribution in [-0.4, -0.2) is 59.3 Å². The van der Waals surface area contributed by atoms with E-state index in [-0.39, 0.29) is 24.9 Å². The number of alkyl halides is 3. The van der Waals surface area contributed by atoms with Gasteiger partial charge in [0.2, 0.25) is 0 Å². The van der Waals surface area contributed by atoms with Crippen molar-refractivity contribution in [2.45, 2.75) is 32.0 Å². The number of halogens is 3. The van der Waals surface area contributed by atoms with Gasteiger partial charge in [-0.25, -0.2) is 0 Å². The second-order valence-electron chi connectivity index (χ2n) is 6.40. The maximum Gasteiger partial charge on any atom is 0.471 e. The Balaban J connectivity index is 1.48. The van der Waals surface area contributed by atoms with E-state index in [0.29, 0.717) is 31.6 Å². The Morgan fingerprint density at radius 1 is 1.28 bits per heavy atom. The molecule has 0 unspecified atom stereocenters. The van der Waals surface area contributed by atoms with E-state index in [1.54, 1.807) is 0 Å². The molecule has 1 aromatic rings. The predicted octanol–water partition coefficient (Wildman–Crippen LogP) is 0.586. The molecule has 1 aromatic heterocycles. The van der Waals surface area contributed by atoms with E-state index in [4.69, 9.17) is 0 Å². The van der Waals surface area contributed by atoms with Crippen LogP contribution in [-0.2, 0) is 17.8 Å². The average molecular weight is 359 g/mol. The van der Waals surface area contributed by atoms with E-state index < -0.39 is 12.1 Å². The van der Waals surface area contributed by atoms with Crippen LogP contribution in [0.2, 0.25) is 0 Å². The molecule has 10 heteroatoms. The third kappa shape index (κ3) is 3.94. The topological polar surface area (TPSA) is 90.1 Å². The number of nitrogens with one attached hydrogen (secondary N) is 3. The molecule has 2 aliphatic heterocycles. The number of amides is 2. The average Bonchev–Trinajstić information content (AvgIpc) is 3.03. The lowest BCUT2D eigenvalue weighted by Gasteiger charge is -2.32. The lowest BCUT2D eigenvalue weighted by atomic mass is 9.96. The fourth-order valence-electron chi connectivity index (χ4n) is 3.25. The van der Waals surface area contributed by atoms with Gasteiger partial charge in [-0.15, -0.1) is 0 Å². The maximum atomic E-state index is 12.4. The van der Waals surface area contributed by atoms with Crippen LogP contribution < -0.4 is 10.6 Å². The fourth-order valence-corrected chi connectivity index (χ4v) is 3.25. The number of likely N-dealkylation sites (tertiary alicyclic amines) is 1. The lowest BCUT2D eigenvalue weighted by molar-refractivity contribution is -0.186. The quantitative estimate of drug-likeness (QED) is 0.737. The molecule has 0 aromatic carbocycles. The van der Waals surface area contributed by atoms with E-state index >= 15 is 0 Å². The highest BCUT2D eigenvalue weighted by Gasteiger charge is 2.43. The standard InChI is InChI=1S/C15H20F3N5O2/c16-15(17,18)14(25)23-5-2-9(3-6-23)7-20-13(24)12-10-8-19-4-1-11(10)21-22-12/h9,19H,1-8H2,(H,20,24)(H,21,22). The first-order chi connectivity index (χ1) is 11.9. The molecule has 3 heterocycles. The normalized spacial score (nSPS) is 18.8. The van der Waals surface area contributed by atoms with Gasteiger partial charge in [-0.3, -0.25) is 14.7 Å². The second kappa shape index (κ2) is 7.03. The van der Waals surface area contributed by atoms with Crippen LogP contribution in [0.5, 0.6) is 0 Å². The number of carbonyl (C=O) groups is 2. The zero-order chi connectivity index (χ0) is 18.0. The molecule has 25 heavy (non-hydrogen) atoms. The lowest BCUT2D eigenvalue weighted by Crippen LogP contribution is -2.46. The van der Waals surface area contributed by atoms with Crippen molar-refractivity contribution in [1.82, 2.24) is 25.7 Å². The molecule has 3 N–H and O–H groups in total. The molecule has 0 radical (unpaired) electrons. The van der Waals surface area contributed by atoms with Crippen molar-refractivity contribution in [3.8, 4) is 0 Å². The number of H-pyrrole nitrogens is 1. The highest BCUT2D eigenvalue weighted by atomic mass is 19.4. The molecule has 2 aliphatic rings. The first kappa shape index (κ1) is 17.7. The molecule has 1 saturated heterocycles. The van der Waals surface area contributed by atoms with Crippen LogP contribution in [0.1, 0.15) is 34.6 Å². The number of aromatic amines is 1. The molecule has 0 bridgehead atoms. The SMILES string of the molecule is O=C(NCC1CCN(C(=O)C(F)(F)F)CC1)c1n[nH]c2c1CNCC2. The third-order valence-electron chi connectivity index (χ3n) is 4.72. The van der Waals surface area contributed by atoms with Crippen LogP contribution in [0, 0.1) is 5.92 Å². The number of nitrogens with zero attached hydrogens (tertiary/aromatic N) is 2. The van der Waals surface area contributed by atoms with Gasteiger partial charge in [-0.2, -0.15) is 18.3 Å². The smallest absolute Gasteiger partial charge is 0.350 e. The summed E-state index contributed by atoms with van der Waals surface area (Å²) in [6.07, 6.45) is -3.17. The molecule has 2 amide bonds. The van der Waals surface area contributed by atoms with E-state index in [2.05, 4.69) is 20.8 Å². The second-order valence-corrected chi connectivity index (χ2v) is 6.40. The Kier molecular flexibility index (Phi) is 4.98. The van der Waals surface area contributed by atoms with E-state index in [0.717, 1.165) is 29.1 Å². The number of piperidine rings is 1. The van der Waals surface area contributed by atoms with Crippen LogP contribution in [0.15, 0.2) is 0 Å². The van der Waals surface area contributed by atoms with Crippen molar-refractivity contribution >= 4 is 11.8 Å². The third-order valence-corrected chi connectivity index (χ3v) is 4.72. The molecule has 0 spiro atoms. The molecule has 0 saturated carbocycles. The fraction of sp³-hybridized carbons (Fsp3) is 0.667. The highest BCUT2D eigenvalue weighted by molar-refractivity contribution is 5.94. The summed E-state index contributed by atoms with van der Waals surface area (Å²) in [5, 5.41) is 12.9. The minimum Gasteiger partial charge on any atom is -0.350 e. The first-order valence-corrected chi connectivity index (χ1v) is 8.27. The van der Waals surface area contributed by atoms with Crippen LogP contribution in [0.4, 0.5) is 13.2 Å². The number of fused-ring (bicyclic) bond motifs is 1. The Labute approximate surface area is 142 Å². The van der Waals surface area contributed by atoms with Crippen molar-refractivity contribution in [3.63, 3.8) is 0 Å². The summed E-state index contributed by atoms with van der Waals surface area (Å²) < 4.78 is 37.2. The van der Waals surface area contributed by atoms with E-state index in [1.165, 1.54) is 0 Å². The highest BCUT2D eigenvalue weighted by Crippen LogP contribution is 2.23. The van der Waals surface area contributed by atoms with Crippen LogP contribution in [0.3, 0.4) is 0 Å². The summed E-state index contributed by atoms with van der Waals surface area (Å²) >= 11 is 0. The molecule has 1 fully saturated rings. The van der Waals surface area contributed by atoms with Gasteiger partial charge in [0.15, 0.2) is 5.69 Å². The number of hydrogen-bond acceptors (Lipinski definition) is 4. The van der Waals surface area contributed by atoms with Gasteiger partial charge in [0.25, 0.3) is 5.91 Å². The van der Waals surface area contributed by atoms with Gasteiger partial charge >= 0.3 is 12.1 Å². The van der Waals surface area contributed by atoms with E-state index in [9.17, 15) is 22.8 Å². The Bertz CT molecular complexity index is 650. The monoisotopic (exact) mass is 359 g/mol. The summed E-state index contributed by atoms with van der Waals surface area (Å²) in [7, 11) is 0. The van der Waals surface area contributed by atoms with Crippen LogP contribution >= 0.6 is 0 Å². The van der Waals surface area contributed by atoms with Gasteiger partial charge < -0.3 is 15.5 Å². The Morgan fingerprint density at radius 3 is 2.68 bits per heavy atom. The molecule has 7 nitrogen and oxygen atoms in total. The summed E-state index contributed by atoms with van der Waals surface area (Å²) in [5.74, 6) is -2.02. The van der Waals surface area contributed by atoms with Crippen molar-refractivity contribution in [2.24, 2.45) is 5.92 Å². The van der Waals surface area contributed by atoms with Gasteiger partial charge in [0.1, 0.15) is 0 Å². The summed E-state index contributed by atoms with van der Waals surface area (Å²) in [4.78, 5) is 24.3. The van der Waals surface area contributed by atoms with Gasteiger partial charge in [-0.05, 0) is 18.8 Å². The Morgan fingerprint density at radius 2 is 2.00 bits per heavy atom. The zero-order valence-electron chi connectivity index (χ0n) is 13.6. The summed E-state index contributed by atoms with van der Waals surface area (Å²) in [6, 6.07) is 0. The molecular formula is C15H20F3N5O2. The number of hydrogen-bond donors (Lipinski definition) is 3. The van der Waals surface area contributed by atoms with Crippen molar-refractivity contribution in [1.29, 1.82) is 0 Å². The number of rotatable bonds is 3. The first-order valence-electron chi connectivity index (χ1n) is 8.27. The van der Waals surface area contributed by atoms with Crippen LogP contribution in [0.25, 0.3) is 0 Å².